The van der Waals surface area contributed by atoms with E-state index in [1.165, 1.54) is 21.8 Å². The van der Waals surface area contributed by atoms with Gasteiger partial charge in [-0.2, -0.15) is 18.3 Å². The third-order valence-electron chi connectivity index (χ3n) is 4.92. The summed E-state index contributed by atoms with van der Waals surface area (Å²) >= 11 is 0. The molecule has 1 unspecified atom stereocenters. The summed E-state index contributed by atoms with van der Waals surface area (Å²) in [5.41, 5.74) is -0.0649. The lowest BCUT2D eigenvalue weighted by Crippen LogP contribution is -2.41. The summed E-state index contributed by atoms with van der Waals surface area (Å²) in [6.07, 6.45) is -2.70. The SMILES string of the molecule is Cc1c(C(=O)N(C)CC2COc3ccccc3O2)cnn1-c1ccc(C(F)(F)F)cn1. The summed E-state index contributed by atoms with van der Waals surface area (Å²) in [5.74, 6) is 1.18. The maximum absolute atomic E-state index is 12.9. The molecule has 2 aromatic heterocycles. The number of alkyl halides is 3. The van der Waals surface area contributed by atoms with E-state index in [1.807, 2.05) is 18.2 Å². The highest BCUT2D eigenvalue weighted by Crippen LogP contribution is 2.31. The van der Waals surface area contributed by atoms with Crippen molar-refractivity contribution in [2.45, 2.75) is 19.2 Å². The van der Waals surface area contributed by atoms with Crippen molar-refractivity contribution >= 4 is 5.91 Å². The largest absolute Gasteiger partial charge is 0.486 e. The minimum Gasteiger partial charge on any atom is -0.486 e. The predicted molar refractivity (Wildman–Crippen MR) is 104 cm³/mol. The molecule has 31 heavy (non-hydrogen) atoms. The van der Waals surface area contributed by atoms with Crippen LogP contribution >= 0.6 is 0 Å². The minimum atomic E-state index is -4.47. The minimum absolute atomic E-state index is 0.188. The number of amides is 1. The van der Waals surface area contributed by atoms with E-state index in [2.05, 4.69) is 10.1 Å². The van der Waals surface area contributed by atoms with Gasteiger partial charge in [-0.3, -0.25) is 4.79 Å². The average Bonchev–Trinajstić information content (AvgIpc) is 3.13. The van der Waals surface area contributed by atoms with Crippen LogP contribution in [0.3, 0.4) is 0 Å². The molecule has 1 aromatic carbocycles. The summed E-state index contributed by atoms with van der Waals surface area (Å²) in [7, 11) is 1.64. The Morgan fingerprint density at radius 1 is 1.19 bits per heavy atom. The number of nitrogens with zero attached hydrogens (tertiary/aromatic N) is 4. The van der Waals surface area contributed by atoms with E-state index in [-0.39, 0.29) is 24.4 Å². The van der Waals surface area contributed by atoms with Crippen LogP contribution in [0, 0.1) is 6.92 Å². The number of aromatic nitrogens is 3. The first-order valence-corrected chi connectivity index (χ1v) is 9.46. The number of fused-ring (bicyclic) bond motifs is 1. The second-order valence-corrected chi connectivity index (χ2v) is 7.14. The van der Waals surface area contributed by atoms with Crippen molar-refractivity contribution in [1.29, 1.82) is 0 Å². The molecule has 0 saturated heterocycles. The zero-order chi connectivity index (χ0) is 22.2. The molecule has 1 aliphatic rings. The average molecular weight is 432 g/mol. The number of halogens is 3. The predicted octanol–water partition coefficient (Wildman–Crippen LogP) is 3.51. The number of pyridine rings is 1. The molecule has 3 heterocycles. The van der Waals surface area contributed by atoms with Crippen molar-refractivity contribution in [3.63, 3.8) is 0 Å². The molecular weight excluding hydrogens is 413 g/mol. The van der Waals surface area contributed by atoms with Crippen LogP contribution < -0.4 is 9.47 Å². The second kappa shape index (κ2) is 7.93. The van der Waals surface area contributed by atoms with Crippen LogP contribution in [0.4, 0.5) is 13.2 Å². The van der Waals surface area contributed by atoms with Crippen LogP contribution in [0.2, 0.25) is 0 Å². The third-order valence-corrected chi connectivity index (χ3v) is 4.92. The van der Waals surface area contributed by atoms with Crippen LogP contribution in [-0.4, -0.2) is 51.9 Å². The summed E-state index contributed by atoms with van der Waals surface area (Å²) < 4.78 is 51.1. The van der Waals surface area contributed by atoms with Crippen LogP contribution in [0.5, 0.6) is 11.5 Å². The van der Waals surface area contributed by atoms with Crippen molar-refractivity contribution in [2.24, 2.45) is 0 Å². The van der Waals surface area contributed by atoms with E-state index in [4.69, 9.17) is 9.47 Å². The molecule has 0 aliphatic carbocycles. The van der Waals surface area contributed by atoms with Gasteiger partial charge in [0.15, 0.2) is 23.4 Å². The first-order valence-electron chi connectivity index (χ1n) is 9.46. The monoisotopic (exact) mass is 432 g/mol. The molecule has 7 nitrogen and oxygen atoms in total. The van der Waals surface area contributed by atoms with E-state index in [9.17, 15) is 18.0 Å². The highest BCUT2D eigenvalue weighted by Gasteiger charge is 2.31. The Labute approximate surface area is 176 Å². The molecule has 162 valence electrons. The van der Waals surface area contributed by atoms with E-state index in [0.717, 1.165) is 12.3 Å². The van der Waals surface area contributed by atoms with Gasteiger partial charge in [-0.15, -0.1) is 0 Å². The van der Waals surface area contributed by atoms with Crippen molar-refractivity contribution in [2.75, 3.05) is 20.2 Å². The maximum atomic E-state index is 12.9. The number of carbonyl (C=O) groups is 1. The molecule has 0 N–H and O–H groups in total. The van der Waals surface area contributed by atoms with Gasteiger partial charge in [-0.25, -0.2) is 9.67 Å². The standard InChI is InChI=1S/C21H19F3N4O3/c1-13-16(10-26-28(13)19-8-7-14(9-25-19)21(22,23)24)20(29)27(2)11-15-12-30-17-5-3-4-6-18(17)31-15/h3-10,15H,11-12H2,1-2H3. The Bertz CT molecular complexity index is 1100. The van der Waals surface area contributed by atoms with Gasteiger partial charge in [0.2, 0.25) is 0 Å². The molecule has 0 bridgehead atoms. The first kappa shape index (κ1) is 20.7. The number of benzene rings is 1. The normalized spacial score (nSPS) is 15.6. The second-order valence-electron chi connectivity index (χ2n) is 7.14. The zero-order valence-corrected chi connectivity index (χ0v) is 16.8. The fourth-order valence-corrected chi connectivity index (χ4v) is 3.28. The topological polar surface area (TPSA) is 69.5 Å². The number of para-hydroxylation sites is 2. The van der Waals surface area contributed by atoms with Crippen molar-refractivity contribution in [1.82, 2.24) is 19.7 Å². The summed E-state index contributed by atoms with van der Waals surface area (Å²) in [6, 6.07) is 9.44. The van der Waals surface area contributed by atoms with E-state index >= 15 is 0 Å². The molecule has 4 rings (SSSR count). The Morgan fingerprint density at radius 2 is 1.94 bits per heavy atom. The van der Waals surface area contributed by atoms with Gasteiger partial charge in [0, 0.05) is 13.2 Å². The molecule has 1 aliphatic heterocycles. The Hall–Kier alpha value is -3.56. The fraction of sp³-hybridized carbons (Fsp3) is 0.286. The molecule has 1 amide bonds. The van der Waals surface area contributed by atoms with Crippen LogP contribution in [0.1, 0.15) is 21.6 Å². The molecule has 1 atom stereocenters. The maximum Gasteiger partial charge on any atom is 0.417 e. The van der Waals surface area contributed by atoms with Gasteiger partial charge in [-0.05, 0) is 31.2 Å². The number of likely N-dealkylation sites (N-methyl/N-ethyl adjacent to an activating group) is 1. The third kappa shape index (κ3) is 4.18. The van der Waals surface area contributed by atoms with Crippen LogP contribution in [0.15, 0.2) is 48.8 Å². The van der Waals surface area contributed by atoms with Gasteiger partial charge in [0.05, 0.1) is 29.6 Å². The number of rotatable bonds is 4. The van der Waals surface area contributed by atoms with Crippen LogP contribution in [0.25, 0.3) is 5.82 Å². The number of carbonyl (C=O) groups excluding carboxylic acids is 1. The highest BCUT2D eigenvalue weighted by atomic mass is 19.4. The zero-order valence-electron chi connectivity index (χ0n) is 16.8. The molecule has 3 aromatic rings. The smallest absolute Gasteiger partial charge is 0.417 e. The summed E-state index contributed by atoms with van der Waals surface area (Å²) in [5, 5.41) is 4.13. The Kier molecular flexibility index (Phi) is 5.30. The number of hydrogen-bond donors (Lipinski definition) is 0. The van der Waals surface area contributed by atoms with Gasteiger partial charge in [0.1, 0.15) is 6.61 Å². The molecule has 0 spiro atoms. The lowest BCUT2D eigenvalue weighted by atomic mass is 10.2. The molecule has 0 saturated carbocycles. The van der Waals surface area contributed by atoms with Gasteiger partial charge < -0.3 is 14.4 Å². The van der Waals surface area contributed by atoms with Gasteiger partial charge in [0.25, 0.3) is 5.91 Å². The number of hydrogen-bond acceptors (Lipinski definition) is 5. The lowest BCUT2D eigenvalue weighted by Gasteiger charge is -2.29. The Balaban J connectivity index is 1.46. The quantitative estimate of drug-likeness (QED) is 0.631. The Morgan fingerprint density at radius 3 is 2.61 bits per heavy atom. The fourth-order valence-electron chi connectivity index (χ4n) is 3.28. The highest BCUT2D eigenvalue weighted by molar-refractivity contribution is 5.95. The van der Waals surface area contributed by atoms with E-state index in [1.54, 1.807) is 20.0 Å². The van der Waals surface area contributed by atoms with Gasteiger partial charge in [-0.1, -0.05) is 12.1 Å². The van der Waals surface area contributed by atoms with Crippen molar-refractivity contribution in [3.8, 4) is 17.3 Å². The molecular formula is C21H19F3N4O3. The molecule has 10 heteroatoms. The number of ether oxygens (including phenoxy) is 2. The van der Waals surface area contributed by atoms with Crippen LogP contribution in [-0.2, 0) is 6.18 Å². The lowest BCUT2D eigenvalue weighted by molar-refractivity contribution is -0.137. The van der Waals surface area contributed by atoms with E-state index < -0.39 is 11.7 Å². The summed E-state index contributed by atoms with van der Waals surface area (Å²) in [4.78, 5) is 18.2. The van der Waals surface area contributed by atoms with Crippen molar-refractivity contribution < 1.29 is 27.4 Å². The van der Waals surface area contributed by atoms with E-state index in [0.29, 0.717) is 29.4 Å². The van der Waals surface area contributed by atoms with Gasteiger partial charge >= 0.3 is 6.18 Å². The molecule has 0 fully saturated rings. The van der Waals surface area contributed by atoms with Crippen molar-refractivity contribution in [3.05, 3.63) is 65.6 Å². The first-order chi connectivity index (χ1) is 14.7. The summed E-state index contributed by atoms with van der Waals surface area (Å²) in [6.45, 7) is 2.25. The molecule has 0 radical (unpaired) electrons.